The van der Waals surface area contributed by atoms with E-state index in [2.05, 4.69) is 24.9 Å². The van der Waals surface area contributed by atoms with Crippen LogP contribution in [0.5, 0.6) is 0 Å². The lowest BCUT2D eigenvalue weighted by molar-refractivity contribution is 0.103. The number of aliphatic hydroxyl groups is 2. The van der Waals surface area contributed by atoms with E-state index in [0.29, 0.717) is 22.4 Å². The van der Waals surface area contributed by atoms with E-state index in [1.807, 2.05) is 24.3 Å². The maximum absolute atomic E-state index is 13.3. The fourth-order valence-corrected chi connectivity index (χ4v) is 4.67. The molecule has 1 heterocycles. The summed E-state index contributed by atoms with van der Waals surface area (Å²) in [5.74, 6) is 0.366. The number of thioether (sulfide) groups is 1. The minimum Gasteiger partial charge on any atom is -0.394 e. The van der Waals surface area contributed by atoms with E-state index in [9.17, 15) is 9.90 Å². The summed E-state index contributed by atoms with van der Waals surface area (Å²) in [5, 5.41) is 28.6. The molecule has 1 aliphatic carbocycles. The molecule has 0 unspecified atom stereocenters. The standard InChI is InChI=1S/C22H20N2O3S/c1-22(2)17-8-14(28-11-13(26)10-25)4-6-15(17)20(27)19-16-5-3-12(9-23)7-18(16)24-21(19)22/h3-8,13,24-26H,10-11H2,1-2H3/t13-/m0/s1. The monoisotopic (exact) mass is 392 g/mol. The number of hydrogen-bond acceptors (Lipinski definition) is 5. The fourth-order valence-electron chi connectivity index (χ4n) is 3.81. The molecule has 0 saturated heterocycles. The summed E-state index contributed by atoms with van der Waals surface area (Å²) in [6.45, 7) is 3.88. The molecule has 0 aliphatic heterocycles. The second-order valence-electron chi connectivity index (χ2n) is 7.56. The van der Waals surface area contributed by atoms with E-state index >= 15 is 0 Å². The van der Waals surface area contributed by atoms with Gasteiger partial charge < -0.3 is 15.2 Å². The van der Waals surface area contributed by atoms with Gasteiger partial charge in [-0.3, -0.25) is 4.79 Å². The molecule has 28 heavy (non-hydrogen) atoms. The van der Waals surface area contributed by atoms with Crippen molar-refractivity contribution in [1.29, 1.82) is 5.26 Å². The van der Waals surface area contributed by atoms with Gasteiger partial charge in [0.1, 0.15) is 0 Å². The third-order valence-electron chi connectivity index (χ3n) is 5.34. The molecule has 0 spiro atoms. The van der Waals surface area contributed by atoms with Gasteiger partial charge in [-0.25, -0.2) is 0 Å². The third-order valence-corrected chi connectivity index (χ3v) is 6.48. The zero-order valence-electron chi connectivity index (χ0n) is 15.6. The number of benzene rings is 2. The molecular formula is C22H20N2O3S. The predicted molar refractivity (Wildman–Crippen MR) is 109 cm³/mol. The highest BCUT2D eigenvalue weighted by Crippen LogP contribution is 2.44. The first-order valence-corrected chi connectivity index (χ1v) is 10.0. The molecule has 0 saturated carbocycles. The van der Waals surface area contributed by atoms with Gasteiger partial charge in [-0.1, -0.05) is 19.9 Å². The van der Waals surface area contributed by atoms with Gasteiger partial charge in [0.05, 0.1) is 29.9 Å². The summed E-state index contributed by atoms with van der Waals surface area (Å²) < 4.78 is 0. The molecule has 3 N–H and O–H groups in total. The average Bonchev–Trinajstić information content (AvgIpc) is 3.10. The Balaban J connectivity index is 1.83. The van der Waals surface area contributed by atoms with Crippen molar-refractivity contribution in [2.75, 3.05) is 12.4 Å². The molecule has 1 atom stereocenters. The number of H-pyrrole nitrogens is 1. The first kappa shape index (κ1) is 18.8. The number of carbonyl (C=O) groups is 1. The lowest BCUT2D eigenvalue weighted by Crippen LogP contribution is -2.30. The number of fused-ring (bicyclic) bond motifs is 4. The van der Waals surface area contributed by atoms with Crippen molar-refractivity contribution in [3.8, 4) is 6.07 Å². The van der Waals surface area contributed by atoms with Gasteiger partial charge in [0.15, 0.2) is 5.78 Å². The van der Waals surface area contributed by atoms with Crippen molar-refractivity contribution in [1.82, 2.24) is 4.98 Å². The Kier molecular flexibility index (Phi) is 4.54. The molecule has 1 aromatic heterocycles. The summed E-state index contributed by atoms with van der Waals surface area (Å²) in [4.78, 5) is 17.6. The third kappa shape index (κ3) is 2.83. The zero-order valence-corrected chi connectivity index (χ0v) is 16.4. The van der Waals surface area contributed by atoms with Crippen LogP contribution in [-0.2, 0) is 5.41 Å². The Morgan fingerprint density at radius 2 is 2.04 bits per heavy atom. The number of ketones is 1. The predicted octanol–water partition coefficient (Wildman–Crippen LogP) is 3.36. The zero-order chi connectivity index (χ0) is 20.1. The van der Waals surface area contributed by atoms with Crippen molar-refractivity contribution < 1.29 is 15.0 Å². The summed E-state index contributed by atoms with van der Waals surface area (Å²) in [6, 6.07) is 13.2. The largest absolute Gasteiger partial charge is 0.394 e. The minimum absolute atomic E-state index is 0.0211. The van der Waals surface area contributed by atoms with E-state index in [0.717, 1.165) is 27.1 Å². The minimum atomic E-state index is -0.773. The van der Waals surface area contributed by atoms with Crippen LogP contribution in [0.3, 0.4) is 0 Å². The van der Waals surface area contributed by atoms with Crippen LogP contribution in [0.1, 0.15) is 46.6 Å². The lowest BCUT2D eigenvalue weighted by atomic mass is 9.71. The van der Waals surface area contributed by atoms with E-state index in [1.54, 1.807) is 12.1 Å². The first-order valence-electron chi connectivity index (χ1n) is 9.04. The highest BCUT2D eigenvalue weighted by Gasteiger charge is 2.39. The highest BCUT2D eigenvalue weighted by atomic mass is 32.2. The molecule has 2 aromatic carbocycles. The number of hydrogen-bond donors (Lipinski definition) is 3. The van der Waals surface area contributed by atoms with E-state index < -0.39 is 11.5 Å². The number of nitriles is 1. The summed E-state index contributed by atoms with van der Waals surface area (Å²) in [5.41, 5.74) is 4.06. The van der Waals surface area contributed by atoms with Crippen molar-refractivity contribution in [2.24, 2.45) is 0 Å². The number of nitrogens with one attached hydrogen (secondary N) is 1. The van der Waals surface area contributed by atoms with E-state index in [1.165, 1.54) is 11.8 Å². The van der Waals surface area contributed by atoms with Crippen LogP contribution < -0.4 is 0 Å². The Morgan fingerprint density at radius 1 is 1.25 bits per heavy atom. The van der Waals surface area contributed by atoms with Gasteiger partial charge in [-0.05, 0) is 35.9 Å². The highest BCUT2D eigenvalue weighted by molar-refractivity contribution is 7.99. The summed E-state index contributed by atoms with van der Waals surface area (Å²) in [7, 11) is 0. The van der Waals surface area contributed by atoms with Crippen LogP contribution in [0.2, 0.25) is 0 Å². The lowest BCUT2D eigenvalue weighted by Gasteiger charge is -2.32. The average molecular weight is 392 g/mol. The first-order chi connectivity index (χ1) is 13.4. The molecule has 0 radical (unpaired) electrons. The Morgan fingerprint density at radius 3 is 2.75 bits per heavy atom. The molecule has 0 bridgehead atoms. The van der Waals surface area contributed by atoms with Gasteiger partial charge in [0.25, 0.3) is 0 Å². The number of aromatic amines is 1. The van der Waals surface area contributed by atoms with Crippen LogP contribution >= 0.6 is 11.8 Å². The van der Waals surface area contributed by atoms with E-state index in [4.69, 9.17) is 10.4 Å². The molecule has 1 aliphatic rings. The normalized spacial score (nSPS) is 15.8. The second-order valence-corrected chi connectivity index (χ2v) is 8.65. The molecule has 0 amide bonds. The molecule has 5 nitrogen and oxygen atoms in total. The SMILES string of the molecule is CC1(C)c2cc(SC[C@@H](O)CO)ccc2C(=O)c2c1[nH]c1cc(C#N)ccc21. The Hall–Kier alpha value is -2.59. The van der Waals surface area contributed by atoms with Crippen molar-refractivity contribution in [2.45, 2.75) is 30.3 Å². The molecule has 3 aromatic rings. The molecule has 0 fully saturated rings. The van der Waals surface area contributed by atoms with Crippen molar-refractivity contribution >= 4 is 28.4 Å². The van der Waals surface area contributed by atoms with Gasteiger partial charge in [0.2, 0.25) is 0 Å². The van der Waals surface area contributed by atoms with Crippen LogP contribution in [-0.4, -0.2) is 39.4 Å². The van der Waals surface area contributed by atoms with Gasteiger partial charge >= 0.3 is 0 Å². The van der Waals surface area contributed by atoms with Gasteiger partial charge in [0, 0.05) is 38.2 Å². The number of rotatable bonds is 4. The molecule has 142 valence electrons. The van der Waals surface area contributed by atoms with Gasteiger partial charge in [-0.2, -0.15) is 5.26 Å². The number of carbonyl (C=O) groups excluding carboxylic acids is 1. The smallest absolute Gasteiger partial charge is 0.195 e. The quantitative estimate of drug-likeness (QED) is 0.592. The van der Waals surface area contributed by atoms with Crippen LogP contribution in [0.15, 0.2) is 41.3 Å². The molecular weight excluding hydrogens is 372 g/mol. The Bertz CT molecular complexity index is 1140. The number of aromatic nitrogens is 1. The van der Waals surface area contributed by atoms with Crippen molar-refractivity contribution in [3.05, 3.63) is 64.3 Å². The maximum Gasteiger partial charge on any atom is 0.195 e. The van der Waals surface area contributed by atoms with Crippen LogP contribution in [0.4, 0.5) is 0 Å². The molecule has 4 rings (SSSR count). The van der Waals surface area contributed by atoms with E-state index in [-0.39, 0.29) is 12.4 Å². The topological polar surface area (TPSA) is 97.1 Å². The van der Waals surface area contributed by atoms with Gasteiger partial charge in [-0.15, -0.1) is 11.8 Å². The maximum atomic E-state index is 13.3. The molecule has 6 heteroatoms. The van der Waals surface area contributed by atoms with Crippen molar-refractivity contribution in [3.63, 3.8) is 0 Å². The van der Waals surface area contributed by atoms with Crippen LogP contribution in [0.25, 0.3) is 10.9 Å². The summed E-state index contributed by atoms with van der Waals surface area (Å²) >= 11 is 1.45. The summed E-state index contributed by atoms with van der Waals surface area (Å²) in [6.07, 6.45) is -0.773. The Labute approximate surface area is 167 Å². The number of aliphatic hydroxyl groups excluding tert-OH is 2. The number of nitrogens with zero attached hydrogens (tertiary/aromatic N) is 1. The van der Waals surface area contributed by atoms with Crippen LogP contribution in [0, 0.1) is 11.3 Å². The fraction of sp³-hybridized carbons (Fsp3) is 0.273. The second kappa shape index (κ2) is 6.78.